The molecule has 0 aliphatic rings. The first-order valence-electron chi connectivity index (χ1n) is 9.29. The van der Waals surface area contributed by atoms with Crippen LogP contribution in [0.5, 0.6) is 0 Å². The molecule has 0 saturated carbocycles. The van der Waals surface area contributed by atoms with Crippen LogP contribution in [0.1, 0.15) is 10.4 Å². The van der Waals surface area contributed by atoms with E-state index in [0.717, 1.165) is 10.0 Å². The van der Waals surface area contributed by atoms with Crippen molar-refractivity contribution in [2.75, 3.05) is 31.5 Å². The standard InChI is InChI=1S/C20H19Br3ClN7O3/c1-5-15(23)27-31(17-14(24)7-6-8-25-17)19(33)26-16-12(9-11(21)10-13(16)22)18(32)30(4)28-20(34)29(2)3/h5-10H,1H2,2-4H3,(H,26,33)(H,28,34)/b27-15+. The minimum absolute atomic E-state index is 0.0527. The average Bonchev–Trinajstić information content (AvgIpc) is 2.78. The fourth-order valence-corrected chi connectivity index (χ4v) is 4.05. The van der Waals surface area contributed by atoms with E-state index in [2.05, 4.69) is 75.2 Å². The van der Waals surface area contributed by atoms with Gasteiger partial charge in [-0.25, -0.2) is 20.0 Å². The number of amides is 5. The van der Waals surface area contributed by atoms with Gasteiger partial charge in [-0.15, -0.1) is 0 Å². The molecule has 2 rings (SSSR count). The Bertz CT molecular complexity index is 1160. The first kappa shape index (κ1) is 27.8. The van der Waals surface area contributed by atoms with E-state index in [-0.39, 0.29) is 26.7 Å². The van der Waals surface area contributed by atoms with E-state index >= 15 is 0 Å². The number of pyridine rings is 1. The molecule has 1 aromatic heterocycles. The lowest BCUT2D eigenvalue weighted by Gasteiger charge is -2.24. The number of urea groups is 2. The van der Waals surface area contributed by atoms with Gasteiger partial charge in [0, 0.05) is 36.3 Å². The number of benzene rings is 1. The molecule has 34 heavy (non-hydrogen) atoms. The smallest absolute Gasteiger partial charge is 0.330 e. The van der Waals surface area contributed by atoms with Crippen LogP contribution in [0.25, 0.3) is 0 Å². The molecular weight excluding hydrogens is 661 g/mol. The molecule has 0 aliphatic carbocycles. The summed E-state index contributed by atoms with van der Waals surface area (Å²) in [5.74, 6) is -0.539. The second-order valence-electron chi connectivity index (χ2n) is 6.66. The average molecular weight is 681 g/mol. The summed E-state index contributed by atoms with van der Waals surface area (Å²) >= 11 is 16.1. The van der Waals surface area contributed by atoms with E-state index in [1.807, 2.05) is 0 Å². The number of aromatic nitrogens is 1. The molecule has 1 aromatic carbocycles. The maximum absolute atomic E-state index is 13.3. The predicted molar refractivity (Wildman–Crippen MR) is 143 cm³/mol. The highest BCUT2D eigenvalue weighted by molar-refractivity contribution is 9.18. The number of hydrogen-bond acceptors (Lipinski definition) is 5. The third-order valence-electron chi connectivity index (χ3n) is 3.99. The van der Waals surface area contributed by atoms with Gasteiger partial charge >= 0.3 is 12.1 Å². The molecule has 5 amide bonds. The Morgan fingerprint density at radius 3 is 2.44 bits per heavy atom. The molecule has 0 bridgehead atoms. The SMILES string of the molecule is C=C/C(Br)=N\N(C(=O)Nc1c(Br)cc(Br)cc1C(=O)N(C)NC(=O)N(C)C)c1ncccc1Cl. The molecule has 180 valence electrons. The maximum Gasteiger partial charge on any atom is 0.348 e. The highest BCUT2D eigenvalue weighted by Gasteiger charge is 2.26. The van der Waals surface area contributed by atoms with Crippen molar-refractivity contribution in [3.05, 3.63) is 62.6 Å². The number of hydrazine groups is 1. The van der Waals surface area contributed by atoms with Crippen molar-refractivity contribution in [2.24, 2.45) is 5.10 Å². The lowest BCUT2D eigenvalue weighted by atomic mass is 10.1. The summed E-state index contributed by atoms with van der Waals surface area (Å²) in [6, 6.07) is 5.03. The van der Waals surface area contributed by atoms with Gasteiger partial charge in [-0.1, -0.05) is 34.1 Å². The lowest BCUT2D eigenvalue weighted by molar-refractivity contribution is 0.0724. The highest BCUT2D eigenvalue weighted by atomic mass is 79.9. The van der Waals surface area contributed by atoms with Crippen LogP contribution >= 0.6 is 59.4 Å². The van der Waals surface area contributed by atoms with Gasteiger partial charge in [0.1, 0.15) is 4.62 Å². The fourth-order valence-electron chi connectivity index (χ4n) is 2.36. The minimum atomic E-state index is -0.767. The van der Waals surface area contributed by atoms with Crippen LogP contribution in [0.3, 0.4) is 0 Å². The van der Waals surface area contributed by atoms with Crippen LogP contribution in [0, 0.1) is 0 Å². The first-order chi connectivity index (χ1) is 16.0. The Morgan fingerprint density at radius 2 is 1.85 bits per heavy atom. The van der Waals surface area contributed by atoms with Crippen LogP contribution < -0.4 is 15.8 Å². The Morgan fingerprint density at radius 1 is 1.18 bits per heavy atom. The fraction of sp³-hybridized carbons (Fsp3) is 0.150. The van der Waals surface area contributed by atoms with Gasteiger partial charge in [0.2, 0.25) is 0 Å². The summed E-state index contributed by atoms with van der Waals surface area (Å²) in [5, 5.41) is 8.91. The van der Waals surface area contributed by atoms with Crippen LogP contribution in [0.4, 0.5) is 21.1 Å². The molecule has 2 aromatic rings. The Kier molecular flexibility index (Phi) is 10.0. The van der Waals surface area contributed by atoms with Crippen molar-refractivity contribution in [1.29, 1.82) is 0 Å². The molecule has 0 spiro atoms. The number of nitrogens with zero attached hydrogens (tertiary/aromatic N) is 5. The number of allylic oxidation sites excluding steroid dienone is 1. The Balaban J connectivity index is 2.49. The summed E-state index contributed by atoms with van der Waals surface area (Å²) in [7, 11) is 4.46. The van der Waals surface area contributed by atoms with E-state index in [9.17, 15) is 14.4 Å². The molecule has 10 nitrogen and oxygen atoms in total. The summed E-state index contributed by atoms with van der Waals surface area (Å²) in [6.07, 6.45) is 2.83. The maximum atomic E-state index is 13.3. The molecular formula is C20H19Br3ClN7O3. The zero-order chi connectivity index (χ0) is 25.6. The highest BCUT2D eigenvalue weighted by Crippen LogP contribution is 2.33. The zero-order valence-corrected chi connectivity index (χ0v) is 23.7. The zero-order valence-electron chi connectivity index (χ0n) is 18.1. The quantitative estimate of drug-likeness (QED) is 0.324. The topological polar surface area (TPSA) is 110 Å². The van der Waals surface area contributed by atoms with Crippen molar-refractivity contribution in [3.8, 4) is 0 Å². The van der Waals surface area contributed by atoms with Crippen LogP contribution in [-0.4, -0.2) is 58.6 Å². The van der Waals surface area contributed by atoms with Crippen LogP contribution in [0.15, 0.2) is 57.2 Å². The Labute approximate surface area is 226 Å². The number of hydrogen-bond donors (Lipinski definition) is 2. The summed E-state index contributed by atoms with van der Waals surface area (Å²) < 4.78 is 1.19. The number of halogens is 4. The van der Waals surface area contributed by atoms with Crippen molar-refractivity contribution < 1.29 is 14.4 Å². The van der Waals surface area contributed by atoms with Gasteiger partial charge in [0.15, 0.2) is 5.82 Å². The monoisotopic (exact) mass is 677 g/mol. The van der Waals surface area contributed by atoms with Gasteiger partial charge in [0.05, 0.1) is 16.3 Å². The van der Waals surface area contributed by atoms with Crippen molar-refractivity contribution in [1.82, 2.24) is 20.3 Å². The number of carbonyl (C=O) groups is 3. The summed E-state index contributed by atoms with van der Waals surface area (Å²) in [6.45, 7) is 3.60. The van der Waals surface area contributed by atoms with Gasteiger partial charge in [0.25, 0.3) is 5.91 Å². The number of hydrazone groups is 1. The summed E-state index contributed by atoms with van der Waals surface area (Å²) in [4.78, 5) is 43.8. The van der Waals surface area contributed by atoms with E-state index in [0.29, 0.717) is 8.95 Å². The van der Waals surface area contributed by atoms with E-state index in [1.165, 1.54) is 44.4 Å². The number of rotatable bonds is 5. The first-order valence-corrected chi connectivity index (χ1v) is 12.0. The second-order valence-corrected chi connectivity index (χ2v) is 9.65. The largest absolute Gasteiger partial charge is 0.348 e. The van der Waals surface area contributed by atoms with Gasteiger partial charge in [-0.3, -0.25) is 9.80 Å². The third-order valence-corrected chi connectivity index (χ3v) is 5.85. The second kappa shape index (κ2) is 12.3. The predicted octanol–water partition coefficient (Wildman–Crippen LogP) is 5.45. The molecule has 1 heterocycles. The molecule has 0 atom stereocenters. The molecule has 0 aliphatic heterocycles. The van der Waals surface area contributed by atoms with E-state index < -0.39 is 18.0 Å². The number of anilines is 2. The number of nitrogens with one attached hydrogen (secondary N) is 2. The van der Waals surface area contributed by atoms with Crippen molar-refractivity contribution in [2.45, 2.75) is 0 Å². The Hall–Kier alpha value is -2.48. The molecule has 0 fully saturated rings. The van der Waals surface area contributed by atoms with Gasteiger partial charge in [-0.2, -0.15) is 10.1 Å². The molecule has 2 N–H and O–H groups in total. The molecule has 0 unspecified atom stereocenters. The minimum Gasteiger partial charge on any atom is -0.330 e. The molecule has 0 saturated heterocycles. The lowest BCUT2D eigenvalue weighted by Crippen LogP contribution is -2.47. The molecule has 0 radical (unpaired) electrons. The third kappa shape index (κ3) is 7.01. The molecule has 14 heteroatoms. The van der Waals surface area contributed by atoms with Crippen LogP contribution in [0.2, 0.25) is 5.02 Å². The van der Waals surface area contributed by atoms with E-state index in [4.69, 9.17) is 11.6 Å². The van der Waals surface area contributed by atoms with Crippen molar-refractivity contribution >= 4 is 93.5 Å². The van der Waals surface area contributed by atoms with Gasteiger partial charge in [-0.05, 0) is 62.2 Å². The summed E-state index contributed by atoms with van der Waals surface area (Å²) in [5.41, 5.74) is 2.65. The normalized spacial score (nSPS) is 10.9. The van der Waals surface area contributed by atoms with Crippen LogP contribution in [-0.2, 0) is 0 Å². The van der Waals surface area contributed by atoms with Gasteiger partial charge < -0.3 is 10.2 Å². The van der Waals surface area contributed by atoms with Crippen molar-refractivity contribution in [3.63, 3.8) is 0 Å². The number of carbonyl (C=O) groups excluding carboxylic acids is 3. The van der Waals surface area contributed by atoms with E-state index in [1.54, 1.807) is 18.2 Å².